The highest BCUT2D eigenvalue weighted by Crippen LogP contribution is 2.21. The molecular formula is C19H22N8O3. The number of carbonyl (C=O) groups excluding carboxylic acids is 2. The third-order valence-electron chi connectivity index (χ3n) is 5.19. The van der Waals surface area contributed by atoms with Crippen molar-refractivity contribution in [1.29, 1.82) is 0 Å². The fraction of sp³-hybridized carbons (Fsp3) is 0.421. The first-order valence-electron chi connectivity index (χ1n) is 9.92. The van der Waals surface area contributed by atoms with Gasteiger partial charge in [0.2, 0.25) is 5.95 Å². The van der Waals surface area contributed by atoms with E-state index in [4.69, 9.17) is 4.74 Å². The van der Waals surface area contributed by atoms with Crippen LogP contribution in [-0.2, 0) is 11.8 Å². The molecule has 2 aliphatic rings. The van der Waals surface area contributed by atoms with Gasteiger partial charge in [0.1, 0.15) is 5.69 Å². The van der Waals surface area contributed by atoms with E-state index in [2.05, 4.69) is 30.7 Å². The van der Waals surface area contributed by atoms with Crippen LogP contribution >= 0.6 is 0 Å². The van der Waals surface area contributed by atoms with Crippen LogP contribution in [0, 0.1) is 0 Å². The summed E-state index contributed by atoms with van der Waals surface area (Å²) >= 11 is 0. The monoisotopic (exact) mass is 410 g/mol. The van der Waals surface area contributed by atoms with Gasteiger partial charge in [0.25, 0.3) is 11.8 Å². The summed E-state index contributed by atoms with van der Waals surface area (Å²) in [7, 11) is 1.64. The topological polar surface area (TPSA) is 119 Å². The van der Waals surface area contributed by atoms with E-state index in [1.54, 1.807) is 29.9 Å². The van der Waals surface area contributed by atoms with Crippen LogP contribution in [0.2, 0.25) is 0 Å². The Morgan fingerprint density at radius 2 is 2.00 bits per heavy atom. The number of ether oxygens (including phenoxy) is 1. The van der Waals surface area contributed by atoms with E-state index >= 15 is 0 Å². The molecule has 0 spiro atoms. The van der Waals surface area contributed by atoms with E-state index < -0.39 is 5.91 Å². The van der Waals surface area contributed by atoms with Crippen LogP contribution in [0.1, 0.15) is 33.7 Å². The average Bonchev–Trinajstić information content (AvgIpc) is 3.31. The van der Waals surface area contributed by atoms with Crippen LogP contribution in [0.25, 0.3) is 5.65 Å². The number of amides is 2. The van der Waals surface area contributed by atoms with Gasteiger partial charge in [-0.25, -0.2) is 4.52 Å². The summed E-state index contributed by atoms with van der Waals surface area (Å²) in [6, 6.07) is 3.68. The van der Waals surface area contributed by atoms with Gasteiger partial charge >= 0.3 is 0 Å². The number of pyridine rings is 1. The fourth-order valence-corrected chi connectivity index (χ4v) is 3.40. The van der Waals surface area contributed by atoms with Gasteiger partial charge in [-0.15, -0.1) is 5.10 Å². The second-order valence-electron chi connectivity index (χ2n) is 7.46. The van der Waals surface area contributed by atoms with Crippen molar-refractivity contribution in [2.45, 2.75) is 18.9 Å². The van der Waals surface area contributed by atoms with Crippen LogP contribution in [0.15, 0.2) is 24.5 Å². The smallest absolute Gasteiger partial charge is 0.274 e. The molecule has 3 aromatic rings. The van der Waals surface area contributed by atoms with Crippen molar-refractivity contribution in [2.75, 3.05) is 36.5 Å². The second kappa shape index (κ2) is 7.41. The van der Waals surface area contributed by atoms with Crippen molar-refractivity contribution in [3.05, 3.63) is 35.8 Å². The molecule has 1 saturated carbocycles. The number of nitrogens with zero attached hydrogens (tertiary/aromatic N) is 6. The maximum absolute atomic E-state index is 12.9. The summed E-state index contributed by atoms with van der Waals surface area (Å²) in [6.07, 6.45) is 5.10. The molecule has 0 radical (unpaired) electrons. The lowest BCUT2D eigenvalue weighted by Crippen LogP contribution is -2.36. The molecule has 1 aliphatic carbocycles. The average molecular weight is 410 g/mol. The highest BCUT2D eigenvalue weighted by molar-refractivity contribution is 6.11. The van der Waals surface area contributed by atoms with Crippen molar-refractivity contribution in [2.24, 2.45) is 7.05 Å². The third-order valence-corrected chi connectivity index (χ3v) is 5.19. The lowest BCUT2D eigenvalue weighted by atomic mass is 10.2. The number of anilines is 2. The van der Waals surface area contributed by atoms with E-state index in [9.17, 15) is 9.59 Å². The van der Waals surface area contributed by atoms with Crippen molar-refractivity contribution in [3.63, 3.8) is 0 Å². The first-order chi connectivity index (χ1) is 14.6. The predicted octanol–water partition coefficient (Wildman–Crippen LogP) is 0.444. The van der Waals surface area contributed by atoms with Gasteiger partial charge in [-0.2, -0.15) is 10.1 Å². The van der Waals surface area contributed by atoms with E-state index in [-0.39, 0.29) is 23.2 Å². The van der Waals surface area contributed by atoms with Crippen molar-refractivity contribution in [3.8, 4) is 0 Å². The van der Waals surface area contributed by atoms with Crippen LogP contribution in [0.4, 0.5) is 11.6 Å². The Balaban J connectivity index is 1.35. The lowest BCUT2D eigenvalue weighted by molar-refractivity contribution is 0.0936. The molecular weight excluding hydrogens is 388 g/mol. The van der Waals surface area contributed by atoms with E-state index in [0.29, 0.717) is 30.5 Å². The molecule has 2 amide bonds. The second-order valence-corrected chi connectivity index (χ2v) is 7.46. The number of hydrogen-bond acceptors (Lipinski definition) is 7. The quantitative estimate of drug-likeness (QED) is 0.627. The summed E-state index contributed by atoms with van der Waals surface area (Å²) < 4.78 is 8.44. The number of carbonyl (C=O) groups is 2. The van der Waals surface area contributed by atoms with E-state index in [1.165, 1.54) is 10.9 Å². The van der Waals surface area contributed by atoms with Gasteiger partial charge < -0.3 is 20.3 Å². The molecule has 0 atom stereocenters. The first-order valence-corrected chi connectivity index (χ1v) is 9.92. The Morgan fingerprint density at radius 1 is 1.20 bits per heavy atom. The van der Waals surface area contributed by atoms with E-state index in [0.717, 1.165) is 25.9 Å². The third kappa shape index (κ3) is 3.59. The van der Waals surface area contributed by atoms with Crippen LogP contribution in [0.3, 0.4) is 0 Å². The summed E-state index contributed by atoms with van der Waals surface area (Å²) in [5, 5.41) is 14.3. The highest BCUT2D eigenvalue weighted by atomic mass is 16.5. The van der Waals surface area contributed by atoms with Gasteiger partial charge in [0, 0.05) is 44.1 Å². The number of morpholine rings is 1. The number of nitrogens with one attached hydrogen (secondary N) is 2. The fourth-order valence-electron chi connectivity index (χ4n) is 3.40. The maximum atomic E-state index is 12.9. The number of aromatic nitrogens is 5. The summed E-state index contributed by atoms with van der Waals surface area (Å²) in [6.45, 7) is 2.79. The minimum atomic E-state index is -0.409. The summed E-state index contributed by atoms with van der Waals surface area (Å²) in [4.78, 5) is 32.0. The van der Waals surface area contributed by atoms with E-state index in [1.807, 2.05) is 0 Å². The SMILES string of the molecule is Cn1ncc(C(=O)NC2CC2)c1C(=O)Nc1ccn2nc(N3CCOCC3)nc2c1. The van der Waals surface area contributed by atoms with Gasteiger partial charge in [0.05, 0.1) is 25.0 Å². The Labute approximate surface area is 172 Å². The summed E-state index contributed by atoms with van der Waals surface area (Å²) in [5.41, 5.74) is 1.65. The molecule has 0 aromatic carbocycles. The Bertz CT molecular complexity index is 1110. The number of fused-ring (bicyclic) bond motifs is 1. The Hall–Kier alpha value is -3.47. The molecule has 1 saturated heterocycles. The molecule has 156 valence electrons. The normalized spacial score (nSPS) is 16.6. The highest BCUT2D eigenvalue weighted by Gasteiger charge is 2.28. The molecule has 30 heavy (non-hydrogen) atoms. The molecule has 0 bridgehead atoms. The standard InChI is InChI=1S/C19H22N8O3/c1-25-16(14(11-20-25)17(28)21-12-2-3-12)18(29)22-13-4-5-27-15(10-13)23-19(24-27)26-6-8-30-9-7-26/h4-5,10-12H,2-3,6-9H2,1H3,(H,21,28)(H,22,29). The van der Waals surface area contributed by atoms with Crippen molar-refractivity contribution in [1.82, 2.24) is 29.7 Å². The molecule has 4 heterocycles. The zero-order valence-electron chi connectivity index (χ0n) is 16.5. The number of aryl methyl sites for hydroxylation is 1. The number of hydrogen-bond donors (Lipinski definition) is 2. The molecule has 11 heteroatoms. The minimum Gasteiger partial charge on any atom is -0.378 e. The molecule has 2 N–H and O–H groups in total. The largest absolute Gasteiger partial charge is 0.378 e. The zero-order valence-corrected chi connectivity index (χ0v) is 16.5. The molecule has 0 unspecified atom stereocenters. The van der Waals surface area contributed by atoms with Gasteiger partial charge in [0.15, 0.2) is 5.65 Å². The zero-order chi connectivity index (χ0) is 20.7. The lowest BCUT2D eigenvalue weighted by Gasteiger charge is -2.25. The molecule has 5 rings (SSSR count). The molecule has 1 aliphatic heterocycles. The number of rotatable bonds is 5. The summed E-state index contributed by atoms with van der Waals surface area (Å²) in [5.74, 6) is -0.0560. The molecule has 3 aromatic heterocycles. The van der Waals surface area contributed by atoms with Gasteiger partial charge in [-0.1, -0.05) is 0 Å². The molecule has 11 nitrogen and oxygen atoms in total. The van der Waals surface area contributed by atoms with Crippen LogP contribution in [-0.4, -0.2) is 68.5 Å². The molecule has 2 fully saturated rings. The maximum Gasteiger partial charge on any atom is 0.274 e. The predicted molar refractivity (Wildman–Crippen MR) is 108 cm³/mol. The van der Waals surface area contributed by atoms with Crippen LogP contribution < -0.4 is 15.5 Å². The van der Waals surface area contributed by atoms with Crippen molar-refractivity contribution >= 4 is 29.1 Å². The van der Waals surface area contributed by atoms with Crippen LogP contribution in [0.5, 0.6) is 0 Å². The van der Waals surface area contributed by atoms with Gasteiger partial charge in [-0.05, 0) is 18.9 Å². The Morgan fingerprint density at radius 3 is 2.77 bits per heavy atom. The van der Waals surface area contributed by atoms with Gasteiger partial charge in [-0.3, -0.25) is 14.3 Å². The first kappa shape index (κ1) is 18.6. The minimum absolute atomic E-state index is 0.199. The van der Waals surface area contributed by atoms with Crippen molar-refractivity contribution < 1.29 is 14.3 Å². The Kier molecular flexibility index (Phi) is 4.58.